The third-order valence-electron chi connectivity index (χ3n) is 5.37. The Kier molecular flexibility index (Phi) is 5.02. The van der Waals surface area contributed by atoms with E-state index in [-0.39, 0.29) is 11.9 Å². The summed E-state index contributed by atoms with van der Waals surface area (Å²) in [7, 11) is 0. The van der Waals surface area contributed by atoms with E-state index >= 15 is 0 Å². The van der Waals surface area contributed by atoms with Crippen molar-refractivity contribution in [3.05, 3.63) is 29.8 Å². The number of rotatable bonds is 3. The minimum atomic E-state index is 0.215. The molecule has 1 saturated carbocycles. The SMILES string of the molecule is CCC(=O)N1c2ccccc2[C@H](NC2CCC(N)CC2)C[C@H]1C. The number of carbonyl (C=O) groups is 1. The molecule has 1 aliphatic carbocycles. The van der Waals surface area contributed by atoms with Gasteiger partial charge in [-0.15, -0.1) is 0 Å². The van der Waals surface area contributed by atoms with Gasteiger partial charge in [-0.2, -0.15) is 0 Å². The van der Waals surface area contributed by atoms with Crippen LogP contribution in [-0.4, -0.2) is 24.0 Å². The van der Waals surface area contributed by atoms with Crippen LogP contribution in [0, 0.1) is 0 Å². The van der Waals surface area contributed by atoms with Crippen LogP contribution in [0.2, 0.25) is 0 Å². The molecule has 1 fully saturated rings. The van der Waals surface area contributed by atoms with Crippen molar-refractivity contribution in [2.45, 2.75) is 76.5 Å². The molecule has 2 aliphatic rings. The topological polar surface area (TPSA) is 58.4 Å². The summed E-state index contributed by atoms with van der Waals surface area (Å²) < 4.78 is 0. The van der Waals surface area contributed by atoms with E-state index in [0.29, 0.717) is 24.5 Å². The van der Waals surface area contributed by atoms with Gasteiger partial charge in [0.05, 0.1) is 0 Å². The first kappa shape index (κ1) is 16.5. The van der Waals surface area contributed by atoms with Crippen LogP contribution >= 0.6 is 0 Å². The van der Waals surface area contributed by atoms with Gasteiger partial charge in [-0.1, -0.05) is 25.1 Å². The molecule has 1 aromatic carbocycles. The zero-order valence-corrected chi connectivity index (χ0v) is 14.3. The van der Waals surface area contributed by atoms with Gasteiger partial charge in [0.25, 0.3) is 0 Å². The molecule has 1 amide bonds. The highest BCUT2D eigenvalue weighted by atomic mass is 16.2. The van der Waals surface area contributed by atoms with Gasteiger partial charge in [-0.3, -0.25) is 4.79 Å². The van der Waals surface area contributed by atoms with Crippen LogP contribution in [0.25, 0.3) is 0 Å². The van der Waals surface area contributed by atoms with Gasteiger partial charge in [0, 0.05) is 36.3 Å². The first-order chi connectivity index (χ1) is 11.1. The van der Waals surface area contributed by atoms with Gasteiger partial charge in [-0.05, 0) is 50.7 Å². The average Bonchev–Trinajstić information content (AvgIpc) is 2.56. The van der Waals surface area contributed by atoms with Gasteiger partial charge in [0.2, 0.25) is 5.91 Å². The molecular formula is C19H29N3O. The largest absolute Gasteiger partial charge is 0.328 e. The fourth-order valence-electron chi connectivity index (χ4n) is 4.09. The molecule has 0 bridgehead atoms. The van der Waals surface area contributed by atoms with E-state index in [9.17, 15) is 4.79 Å². The van der Waals surface area contributed by atoms with Crippen molar-refractivity contribution >= 4 is 11.6 Å². The lowest BCUT2D eigenvalue weighted by Crippen LogP contribution is -2.47. The predicted octanol–water partition coefficient (Wildman–Crippen LogP) is 3.12. The quantitative estimate of drug-likeness (QED) is 0.901. The Balaban J connectivity index is 1.81. The van der Waals surface area contributed by atoms with Gasteiger partial charge in [-0.25, -0.2) is 0 Å². The number of fused-ring (bicyclic) bond motifs is 1. The molecular weight excluding hydrogens is 286 g/mol. The lowest BCUT2D eigenvalue weighted by Gasteiger charge is -2.41. The van der Waals surface area contributed by atoms with Crippen LogP contribution in [0.3, 0.4) is 0 Å². The third-order valence-corrected chi connectivity index (χ3v) is 5.37. The normalized spacial score (nSPS) is 30.8. The van der Waals surface area contributed by atoms with Crippen LogP contribution in [-0.2, 0) is 4.79 Å². The predicted molar refractivity (Wildman–Crippen MR) is 94.4 cm³/mol. The molecule has 0 aromatic heterocycles. The summed E-state index contributed by atoms with van der Waals surface area (Å²) in [6, 6.07) is 9.87. The monoisotopic (exact) mass is 315 g/mol. The lowest BCUT2D eigenvalue weighted by molar-refractivity contribution is -0.118. The molecule has 23 heavy (non-hydrogen) atoms. The summed E-state index contributed by atoms with van der Waals surface area (Å²) >= 11 is 0. The maximum atomic E-state index is 12.4. The number of anilines is 1. The Hall–Kier alpha value is -1.39. The number of nitrogens with two attached hydrogens (primary N) is 1. The molecule has 126 valence electrons. The molecule has 2 atom stereocenters. The fraction of sp³-hybridized carbons (Fsp3) is 0.632. The maximum absolute atomic E-state index is 12.4. The molecule has 3 rings (SSSR count). The number of carbonyl (C=O) groups excluding carboxylic acids is 1. The fourth-order valence-corrected chi connectivity index (χ4v) is 4.09. The summed E-state index contributed by atoms with van der Waals surface area (Å²) in [5, 5.41) is 3.85. The zero-order valence-electron chi connectivity index (χ0n) is 14.3. The number of benzene rings is 1. The number of hydrogen-bond acceptors (Lipinski definition) is 3. The van der Waals surface area contributed by atoms with Crippen LogP contribution in [0.15, 0.2) is 24.3 Å². The Morgan fingerprint density at radius 3 is 2.65 bits per heavy atom. The highest BCUT2D eigenvalue weighted by Crippen LogP contribution is 2.38. The zero-order chi connectivity index (χ0) is 16.4. The summed E-state index contributed by atoms with van der Waals surface area (Å²) in [5.41, 5.74) is 8.38. The smallest absolute Gasteiger partial charge is 0.226 e. The minimum Gasteiger partial charge on any atom is -0.328 e. The Labute approximate surface area is 139 Å². The number of amides is 1. The van der Waals surface area contributed by atoms with E-state index in [1.807, 2.05) is 17.9 Å². The van der Waals surface area contributed by atoms with Gasteiger partial charge < -0.3 is 16.0 Å². The minimum absolute atomic E-state index is 0.215. The van der Waals surface area contributed by atoms with Crippen molar-refractivity contribution in [2.75, 3.05) is 4.90 Å². The number of hydrogen-bond donors (Lipinski definition) is 2. The molecule has 0 spiro atoms. The van der Waals surface area contributed by atoms with E-state index in [2.05, 4.69) is 30.4 Å². The first-order valence-corrected chi connectivity index (χ1v) is 9.02. The Bertz CT molecular complexity index is 551. The molecule has 1 heterocycles. The van der Waals surface area contributed by atoms with E-state index in [1.165, 1.54) is 5.56 Å². The maximum Gasteiger partial charge on any atom is 0.226 e. The second kappa shape index (κ2) is 7.02. The Morgan fingerprint density at radius 1 is 1.26 bits per heavy atom. The molecule has 4 nitrogen and oxygen atoms in total. The van der Waals surface area contributed by atoms with Crippen LogP contribution in [0.1, 0.15) is 64.0 Å². The van der Waals surface area contributed by atoms with Crippen LogP contribution in [0.5, 0.6) is 0 Å². The number of nitrogens with zero attached hydrogens (tertiary/aromatic N) is 1. The van der Waals surface area contributed by atoms with Gasteiger partial charge >= 0.3 is 0 Å². The summed E-state index contributed by atoms with van der Waals surface area (Å²) in [5.74, 6) is 0.215. The van der Waals surface area contributed by atoms with E-state index in [0.717, 1.165) is 37.8 Å². The van der Waals surface area contributed by atoms with Gasteiger partial charge in [0.1, 0.15) is 0 Å². The van der Waals surface area contributed by atoms with Gasteiger partial charge in [0.15, 0.2) is 0 Å². The highest BCUT2D eigenvalue weighted by Gasteiger charge is 2.34. The van der Waals surface area contributed by atoms with Crippen molar-refractivity contribution < 1.29 is 4.79 Å². The summed E-state index contributed by atoms with van der Waals surface area (Å²) in [6.07, 6.45) is 6.07. The standard InChI is InChI=1S/C19H29N3O/c1-3-19(23)22-13(2)12-17(16-6-4-5-7-18(16)22)21-15-10-8-14(20)9-11-15/h4-7,13-15,17,21H,3,8-12,20H2,1-2H3/t13-,14?,15?,17-/m1/s1. The van der Waals surface area contributed by atoms with Crippen LogP contribution < -0.4 is 16.0 Å². The molecule has 3 N–H and O–H groups in total. The Morgan fingerprint density at radius 2 is 1.96 bits per heavy atom. The van der Waals surface area contributed by atoms with Crippen molar-refractivity contribution in [3.8, 4) is 0 Å². The van der Waals surface area contributed by atoms with E-state index < -0.39 is 0 Å². The first-order valence-electron chi connectivity index (χ1n) is 9.02. The van der Waals surface area contributed by atoms with Crippen LogP contribution in [0.4, 0.5) is 5.69 Å². The third kappa shape index (κ3) is 3.43. The van der Waals surface area contributed by atoms with Crippen molar-refractivity contribution in [2.24, 2.45) is 5.73 Å². The molecule has 0 unspecified atom stereocenters. The molecule has 1 aliphatic heterocycles. The second-order valence-corrected chi connectivity index (χ2v) is 7.09. The van der Waals surface area contributed by atoms with Crippen molar-refractivity contribution in [1.29, 1.82) is 0 Å². The lowest BCUT2D eigenvalue weighted by atomic mass is 9.87. The molecule has 4 heteroatoms. The summed E-state index contributed by atoms with van der Waals surface area (Å²) in [6.45, 7) is 4.10. The second-order valence-electron chi connectivity index (χ2n) is 7.09. The van der Waals surface area contributed by atoms with E-state index in [4.69, 9.17) is 5.73 Å². The van der Waals surface area contributed by atoms with Crippen molar-refractivity contribution in [3.63, 3.8) is 0 Å². The molecule has 0 radical (unpaired) electrons. The molecule has 1 aromatic rings. The average molecular weight is 315 g/mol. The van der Waals surface area contributed by atoms with Crippen molar-refractivity contribution in [1.82, 2.24) is 5.32 Å². The molecule has 0 saturated heterocycles. The summed E-state index contributed by atoms with van der Waals surface area (Å²) in [4.78, 5) is 14.4. The van der Waals surface area contributed by atoms with E-state index in [1.54, 1.807) is 0 Å². The highest BCUT2D eigenvalue weighted by molar-refractivity contribution is 5.95. The number of para-hydroxylation sites is 1. The number of nitrogens with one attached hydrogen (secondary N) is 1.